The molecule has 0 radical (unpaired) electrons. The summed E-state index contributed by atoms with van der Waals surface area (Å²) >= 11 is 5.98. The third-order valence-electron chi connectivity index (χ3n) is 3.87. The minimum Gasteiger partial charge on any atom is -0.383 e. The van der Waals surface area contributed by atoms with E-state index in [1.165, 1.54) is 32.1 Å². The zero-order valence-electron chi connectivity index (χ0n) is 10.8. The number of hydrogen-bond donors (Lipinski definition) is 1. The van der Waals surface area contributed by atoms with Crippen LogP contribution in [0.3, 0.4) is 0 Å². The molecule has 0 heterocycles. The van der Waals surface area contributed by atoms with Gasteiger partial charge in [0.05, 0.1) is 11.3 Å². The molecule has 0 aromatic heterocycles. The number of nitrogens with zero attached hydrogens (tertiary/aromatic N) is 1. The molecule has 0 atom stereocenters. The summed E-state index contributed by atoms with van der Waals surface area (Å²) in [5.41, 5.74) is 1.88. The van der Waals surface area contributed by atoms with Crippen LogP contribution < -0.4 is 5.32 Å². The lowest BCUT2D eigenvalue weighted by Crippen LogP contribution is -2.29. The molecule has 1 aromatic rings. The van der Waals surface area contributed by atoms with E-state index in [1.807, 2.05) is 6.07 Å². The molecule has 0 unspecified atom stereocenters. The van der Waals surface area contributed by atoms with Gasteiger partial charge in [0.2, 0.25) is 0 Å². The van der Waals surface area contributed by atoms with Gasteiger partial charge < -0.3 is 5.32 Å². The van der Waals surface area contributed by atoms with Crippen molar-refractivity contribution >= 4 is 17.3 Å². The quantitative estimate of drug-likeness (QED) is 0.865. The van der Waals surface area contributed by atoms with E-state index in [-0.39, 0.29) is 0 Å². The fourth-order valence-corrected chi connectivity index (χ4v) is 2.82. The highest BCUT2D eigenvalue weighted by atomic mass is 35.5. The highest BCUT2D eigenvalue weighted by Gasteiger charge is 2.26. The van der Waals surface area contributed by atoms with Gasteiger partial charge in [0.15, 0.2) is 0 Å². The Morgan fingerprint density at radius 1 is 1.33 bits per heavy atom. The Morgan fingerprint density at radius 2 is 2.06 bits per heavy atom. The van der Waals surface area contributed by atoms with E-state index in [2.05, 4.69) is 18.3 Å². The Bertz CT molecular complexity index is 456. The molecule has 1 N–H and O–H groups in total. The fourth-order valence-electron chi connectivity index (χ4n) is 2.65. The molecule has 0 amide bonds. The zero-order chi connectivity index (χ0) is 13.0. The van der Waals surface area contributed by atoms with Crippen molar-refractivity contribution in [1.29, 1.82) is 5.26 Å². The molecular formula is C15H19ClN2. The summed E-state index contributed by atoms with van der Waals surface area (Å²) in [5.74, 6) is 0. The van der Waals surface area contributed by atoms with Gasteiger partial charge in [-0.3, -0.25) is 0 Å². The number of hydrogen-bond acceptors (Lipinski definition) is 2. The van der Waals surface area contributed by atoms with Crippen LogP contribution in [0.1, 0.15) is 44.6 Å². The lowest BCUT2D eigenvalue weighted by molar-refractivity contribution is 0.233. The van der Waals surface area contributed by atoms with Gasteiger partial charge in [-0.2, -0.15) is 5.26 Å². The molecular weight excluding hydrogens is 244 g/mol. The van der Waals surface area contributed by atoms with Gasteiger partial charge in [0.25, 0.3) is 0 Å². The van der Waals surface area contributed by atoms with Crippen molar-refractivity contribution < 1.29 is 0 Å². The number of rotatable bonds is 3. The maximum Gasteiger partial charge on any atom is 0.101 e. The van der Waals surface area contributed by atoms with Crippen LogP contribution in [0, 0.1) is 16.7 Å². The van der Waals surface area contributed by atoms with Gasteiger partial charge in [0.1, 0.15) is 6.07 Å². The molecule has 1 aliphatic carbocycles. The van der Waals surface area contributed by atoms with Crippen LogP contribution in [-0.4, -0.2) is 6.54 Å². The molecule has 1 aliphatic rings. The van der Waals surface area contributed by atoms with E-state index in [1.54, 1.807) is 12.1 Å². The molecule has 3 heteroatoms. The minimum atomic E-state index is 0.354. The lowest BCUT2D eigenvalue weighted by atomic mass is 9.75. The monoisotopic (exact) mass is 262 g/mol. The Labute approximate surface area is 114 Å². The first-order valence-electron chi connectivity index (χ1n) is 6.56. The molecule has 1 fully saturated rings. The third kappa shape index (κ3) is 3.17. The Kier molecular flexibility index (Phi) is 4.14. The van der Waals surface area contributed by atoms with Gasteiger partial charge in [-0.25, -0.2) is 0 Å². The summed E-state index contributed by atoms with van der Waals surface area (Å²) in [4.78, 5) is 0. The van der Waals surface area contributed by atoms with E-state index >= 15 is 0 Å². The molecule has 0 bridgehead atoms. The molecule has 2 rings (SSSR count). The summed E-state index contributed by atoms with van der Waals surface area (Å²) < 4.78 is 0. The average molecular weight is 263 g/mol. The van der Waals surface area contributed by atoms with Crippen LogP contribution in [0.25, 0.3) is 0 Å². The maximum atomic E-state index is 9.08. The van der Waals surface area contributed by atoms with Crippen molar-refractivity contribution in [2.45, 2.75) is 39.0 Å². The smallest absolute Gasteiger partial charge is 0.101 e. The van der Waals surface area contributed by atoms with Crippen LogP contribution in [0.4, 0.5) is 5.69 Å². The molecule has 96 valence electrons. The predicted molar refractivity (Wildman–Crippen MR) is 75.8 cm³/mol. The molecule has 1 saturated carbocycles. The number of nitriles is 1. The standard InChI is InChI=1S/C15H19ClN2/c1-15(7-3-2-4-8-15)11-18-14-9-13(16)6-5-12(14)10-17/h5-6,9,18H,2-4,7-8,11H2,1H3. The Morgan fingerprint density at radius 3 is 2.72 bits per heavy atom. The van der Waals surface area contributed by atoms with E-state index in [0.29, 0.717) is 16.0 Å². The average Bonchev–Trinajstić information content (AvgIpc) is 2.38. The van der Waals surface area contributed by atoms with Crippen molar-refractivity contribution in [3.8, 4) is 6.07 Å². The molecule has 0 aliphatic heterocycles. The zero-order valence-corrected chi connectivity index (χ0v) is 11.6. The topological polar surface area (TPSA) is 35.8 Å². The molecule has 18 heavy (non-hydrogen) atoms. The van der Waals surface area contributed by atoms with Crippen LogP contribution >= 0.6 is 11.6 Å². The van der Waals surface area contributed by atoms with Crippen molar-refractivity contribution in [3.63, 3.8) is 0 Å². The minimum absolute atomic E-state index is 0.354. The second kappa shape index (κ2) is 5.63. The first kappa shape index (κ1) is 13.2. The van der Waals surface area contributed by atoms with Crippen LogP contribution in [-0.2, 0) is 0 Å². The van der Waals surface area contributed by atoms with Crippen LogP contribution in [0.2, 0.25) is 5.02 Å². The molecule has 0 spiro atoms. The maximum absolute atomic E-state index is 9.08. The summed E-state index contributed by atoms with van der Waals surface area (Å²) in [6, 6.07) is 7.57. The Balaban J connectivity index is 2.05. The van der Waals surface area contributed by atoms with Gasteiger partial charge in [-0.05, 0) is 36.5 Å². The van der Waals surface area contributed by atoms with Crippen molar-refractivity contribution in [2.24, 2.45) is 5.41 Å². The second-order valence-corrected chi connectivity index (χ2v) is 5.96. The third-order valence-corrected chi connectivity index (χ3v) is 4.10. The summed E-state index contributed by atoms with van der Waals surface area (Å²) in [6.45, 7) is 3.25. The lowest BCUT2D eigenvalue weighted by Gasteiger charge is -2.34. The summed E-state index contributed by atoms with van der Waals surface area (Å²) in [6.07, 6.45) is 6.53. The van der Waals surface area contributed by atoms with E-state index < -0.39 is 0 Å². The first-order valence-corrected chi connectivity index (χ1v) is 6.94. The highest BCUT2D eigenvalue weighted by molar-refractivity contribution is 6.30. The van der Waals surface area contributed by atoms with Crippen molar-refractivity contribution in [1.82, 2.24) is 0 Å². The number of halogens is 1. The number of anilines is 1. The first-order chi connectivity index (χ1) is 8.63. The van der Waals surface area contributed by atoms with E-state index in [0.717, 1.165) is 12.2 Å². The highest BCUT2D eigenvalue weighted by Crippen LogP contribution is 2.36. The molecule has 1 aromatic carbocycles. The van der Waals surface area contributed by atoms with Crippen molar-refractivity contribution in [3.05, 3.63) is 28.8 Å². The predicted octanol–water partition coefficient (Wildman–Crippen LogP) is 4.59. The SMILES string of the molecule is CC1(CNc2cc(Cl)ccc2C#N)CCCCC1. The molecule has 2 nitrogen and oxygen atoms in total. The van der Waals surface area contributed by atoms with Gasteiger partial charge in [0, 0.05) is 11.6 Å². The van der Waals surface area contributed by atoms with Crippen LogP contribution in [0.5, 0.6) is 0 Å². The van der Waals surface area contributed by atoms with Gasteiger partial charge in [-0.1, -0.05) is 37.8 Å². The summed E-state index contributed by atoms with van der Waals surface area (Å²) in [7, 11) is 0. The number of nitrogens with one attached hydrogen (secondary N) is 1. The Hall–Kier alpha value is -1.20. The normalized spacial score (nSPS) is 18.1. The summed E-state index contributed by atoms with van der Waals surface area (Å²) in [5, 5.41) is 13.2. The second-order valence-electron chi connectivity index (χ2n) is 5.53. The fraction of sp³-hybridized carbons (Fsp3) is 0.533. The van der Waals surface area contributed by atoms with Crippen molar-refractivity contribution in [2.75, 3.05) is 11.9 Å². The molecule has 0 saturated heterocycles. The number of benzene rings is 1. The van der Waals surface area contributed by atoms with E-state index in [9.17, 15) is 0 Å². The van der Waals surface area contributed by atoms with Gasteiger partial charge >= 0.3 is 0 Å². The largest absolute Gasteiger partial charge is 0.383 e. The van der Waals surface area contributed by atoms with Crippen LogP contribution in [0.15, 0.2) is 18.2 Å². The van der Waals surface area contributed by atoms with Gasteiger partial charge in [-0.15, -0.1) is 0 Å². The van der Waals surface area contributed by atoms with E-state index in [4.69, 9.17) is 16.9 Å².